The minimum atomic E-state index is -1.04. The zero-order valence-electron chi connectivity index (χ0n) is 14.3. The van der Waals surface area contributed by atoms with Crippen LogP contribution in [0.25, 0.3) is 0 Å². The van der Waals surface area contributed by atoms with Crippen LogP contribution in [0.1, 0.15) is 28.4 Å². The highest BCUT2D eigenvalue weighted by molar-refractivity contribution is 5.94. The summed E-state index contributed by atoms with van der Waals surface area (Å²) in [6.45, 7) is 1.41. The number of Topliss-reactive ketones (excluding diaryl/α,β-unsaturated/α-hetero) is 1. The van der Waals surface area contributed by atoms with Crippen LogP contribution in [-0.2, 0) is 22.6 Å². The molecule has 1 amide bonds. The van der Waals surface area contributed by atoms with Gasteiger partial charge in [-0.2, -0.15) is 0 Å². The summed E-state index contributed by atoms with van der Waals surface area (Å²) in [7, 11) is 0. The summed E-state index contributed by atoms with van der Waals surface area (Å²) < 4.78 is 5.49. The fourth-order valence-electron chi connectivity index (χ4n) is 3.04. The van der Waals surface area contributed by atoms with Gasteiger partial charge < -0.3 is 14.7 Å². The number of hydrogen-bond acceptors (Lipinski definition) is 4. The van der Waals surface area contributed by atoms with Crippen LogP contribution in [0.15, 0.2) is 48.5 Å². The number of benzene rings is 2. The SMILES string of the molecule is CC(=O)c1cccc(OCC(=O)N2Cc3ccccc3CC2C(=O)O)c1. The third-order valence-electron chi connectivity index (χ3n) is 4.46. The van der Waals surface area contributed by atoms with Gasteiger partial charge in [-0.25, -0.2) is 4.79 Å². The van der Waals surface area contributed by atoms with Gasteiger partial charge in [-0.1, -0.05) is 36.4 Å². The maximum atomic E-state index is 12.6. The van der Waals surface area contributed by atoms with Gasteiger partial charge in [0.05, 0.1) is 0 Å². The monoisotopic (exact) mass is 353 g/mol. The molecule has 0 aromatic heterocycles. The molecule has 2 aromatic carbocycles. The van der Waals surface area contributed by atoms with E-state index in [4.69, 9.17) is 4.74 Å². The van der Waals surface area contributed by atoms with Crippen molar-refractivity contribution < 1.29 is 24.2 Å². The highest BCUT2D eigenvalue weighted by Gasteiger charge is 2.34. The first-order valence-corrected chi connectivity index (χ1v) is 8.28. The van der Waals surface area contributed by atoms with Crippen molar-refractivity contribution in [1.29, 1.82) is 0 Å². The molecule has 1 aliphatic rings. The Kier molecular flexibility index (Phi) is 5.02. The Morgan fingerprint density at radius 2 is 1.85 bits per heavy atom. The Bertz CT molecular complexity index is 861. The molecule has 26 heavy (non-hydrogen) atoms. The lowest BCUT2D eigenvalue weighted by Gasteiger charge is -2.34. The predicted molar refractivity (Wildman–Crippen MR) is 94.1 cm³/mol. The number of carboxylic acid groups (broad SMARTS) is 1. The van der Waals surface area contributed by atoms with Crippen LogP contribution in [0.5, 0.6) is 5.75 Å². The molecule has 0 fully saturated rings. The van der Waals surface area contributed by atoms with Crippen molar-refractivity contribution >= 4 is 17.7 Å². The molecule has 6 nitrogen and oxygen atoms in total. The lowest BCUT2D eigenvalue weighted by atomic mass is 9.94. The third kappa shape index (κ3) is 3.74. The van der Waals surface area contributed by atoms with Gasteiger partial charge >= 0.3 is 5.97 Å². The summed E-state index contributed by atoms with van der Waals surface area (Å²) in [5, 5.41) is 9.49. The number of ketones is 1. The molecule has 0 aliphatic carbocycles. The number of hydrogen-bond donors (Lipinski definition) is 1. The van der Waals surface area contributed by atoms with Gasteiger partial charge in [0, 0.05) is 18.5 Å². The minimum Gasteiger partial charge on any atom is -0.484 e. The number of aliphatic carboxylic acids is 1. The highest BCUT2D eigenvalue weighted by atomic mass is 16.5. The maximum absolute atomic E-state index is 12.6. The van der Waals surface area contributed by atoms with E-state index < -0.39 is 17.9 Å². The molecular weight excluding hydrogens is 334 g/mol. The summed E-state index contributed by atoms with van der Waals surface area (Å²) in [5.41, 5.74) is 2.38. The van der Waals surface area contributed by atoms with E-state index in [1.807, 2.05) is 24.3 Å². The molecule has 1 atom stereocenters. The molecule has 0 saturated carbocycles. The molecule has 1 unspecified atom stereocenters. The molecule has 134 valence electrons. The van der Waals surface area contributed by atoms with E-state index in [9.17, 15) is 19.5 Å². The number of fused-ring (bicyclic) bond motifs is 1. The molecule has 0 saturated heterocycles. The lowest BCUT2D eigenvalue weighted by molar-refractivity contribution is -0.152. The van der Waals surface area contributed by atoms with Crippen LogP contribution in [0.4, 0.5) is 0 Å². The third-order valence-corrected chi connectivity index (χ3v) is 4.46. The number of carbonyl (C=O) groups is 3. The molecule has 0 radical (unpaired) electrons. The molecule has 1 N–H and O–H groups in total. The Morgan fingerprint density at radius 1 is 1.12 bits per heavy atom. The van der Waals surface area contributed by atoms with Gasteiger partial charge in [0.1, 0.15) is 11.8 Å². The van der Waals surface area contributed by atoms with Crippen LogP contribution < -0.4 is 4.74 Å². The van der Waals surface area contributed by atoms with Gasteiger partial charge in [-0.3, -0.25) is 9.59 Å². The van der Waals surface area contributed by atoms with Crippen LogP contribution in [-0.4, -0.2) is 40.3 Å². The fourth-order valence-corrected chi connectivity index (χ4v) is 3.04. The minimum absolute atomic E-state index is 0.0969. The average Bonchev–Trinajstić information content (AvgIpc) is 2.65. The summed E-state index contributed by atoms with van der Waals surface area (Å²) in [6.07, 6.45) is 0.275. The van der Waals surface area contributed by atoms with Crippen molar-refractivity contribution in [3.05, 3.63) is 65.2 Å². The highest BCUT2D eigenvalue weighted by Crippen LogP contribution is 2.24. The van der Waals surface area contributed by atoms with Crippen LogP contribution in [0.3, 0.4) is 0 Å². The Morgan fingerprint density at radius 3 is 2.54 bits per heavy atom. The first-order chi connectivity index (χ1) is 12.5. The van der Waals surface area contributed by atoms with E-state index in [0.717, 1.165) is 11.1 Å². The smallest absolute Gasteiger partial charge is 0.326 e. The van der Waals surface area contributed by atoms with E-state index in [0.29, 0.717) is 11.3 Å². The number of rotatable bonds is 5. The van der Waals surface area contributed by atoms with Crippen LogP contribution in [0, 0.1) is 0 Å². The number of carboxylic acids is 1. The van der Waals surface area contributed by atoms with Crippen molar-refractivity contribution in [2.75, 3.05) is 6.61 Å². The van der Waals surface area contributed by atoms with Gasteiger partial charge in [0.25, 0.3) is 5.91 Å². The fraction of sp³-hybridized carbons (Fsp3) is 0.250. The average molecular weight is 353 g/mol. The molecule has 3 rings (SSSR count). The zero-order valence-corrected chi connectivity index (χ0v) is 14.3. The second-order valence-corrected chi connectivity index (χ2v) is 6.22. The molecule has 0 spiro atoms. The Hall–Kier alpha value is -3.15. The lowest BCUT2D eigenvalue weighted by Crippen LogP contribution is -2.50. The first-order valence-electron chi connectivity index (χ1n) is 8.28. The van der Waals surface area contributed by atoms with E-state index in [-0.39, 0.29) is 25.4 Å². The molecule has 0 bridgehead atoms. The van der Waals surface area contributed by atoms with E-state index in [1.165, 1.54) is 11.8 Å². The van der Waals surface area contributed by atoms with Crippen molar-refractivity contribution in [2.45, 2.75) is 25.9 Å². The molecular formula is C20H19NO5. The number of nitrogens with zero attached hydrogens (tertiary/aromatic N) is 1. The van der Waals surface area contributed by atoms with Crippen molar-refractivity contribution in [3.8, 4) is 5.75 Å². The van der Waals surface area contributed by atoms with E-state index >= 15 is 0 Å². The quantitative estimate of drug-likeness (QED) is 0.834. The van der Waals surface area contributed by atoms with E-state index in [2.05, 4.69) is 0 Å². The van der Waals surface area contributed by atoms with Crippen molar-refractivity contribution in [1.82, 2.24) is 4.90 Å². The van der Waals surface area contributed by atoms with E-state index in [1.54, 1.807) is 24.3 Å². The van der Waals surface area contributed by atoms with Crippen LogP contribution >= 0.6 is 0 Å². The second-order valence-electron chi connectivity index (χ2n) is 6.22. The number of ether oxygens (including phenoxy) is 1. The summed E-state index contributed by atoms with van der Waals surface area (Å²) in [4.78, 5) is 36.9. The first kappa shape index (κ1) is 17.7. The van der Waals surface area contributed by atoms with Gasteiger partial charge in [0.2, 0.25) is 0 Å². The summed E-state index contributed by atoms with van der Waals surface area (Å²) in [6, 6.07) is 13.2. The van der Waals surface area contributed by atoms with Crippen molar-refractivity contribution in [2.24, 2.45) is 0 Å². The molecule has 6 heteroatoms. The largest absolute Gasteiger partial charge is 0.484 e. The standard InChI is InChI=1S/C20H19NO5/c1-13(22)14-7-4-8-17(9-14)26-12-19(23)21-11-16-6-3-2-5-15(16)10-18(21)20(24)25/h2-9,18H,10-12H2,1H3,(H,24,25). The molecule has 1 heterocycles. The van der Waals surface area contributed by atoms with Gasteiger partial charge in [-0.05, 0) is 30.2 Å². The Balaban J connectivity index is 1.73. The molecule has 1 aliphatic heterocycles. The summed E-state index contributed by atoms with van der Waals surface area (Å²) >= 11 is 0. The second kappa shape index (κ2) is 7.39. The number of amides is 1. The molecule has 2 aromatic rings. The van der Waals surface area contributed by atoms with Crippen molar-refractivity contribution in [3.63, 3.8) is 0 Å². The maximum Gasteiger partial charge on any atom is 0.326 e. The zero-order chi connectivity index (χ0) is 18.7. The van der Waals surface area contributed by atoms with Crippen LogP contribution in [0.2, 0.25) is 0 Å². The number of carbonyl (C=O) groups excluding carboxylic acids is 2. The van der Waals surface area contributed by atoms with Gasteiger partial charge in [-0.15, -0.1) is 0 Å². The Labute approximate surface area is 151 Å². The summed E-state index contributed by atoms with van der Waals surface area (Å²) in [5.74, 6) is -1.14. The topological polar surface area (TPSA) is 83.9 Å². The normalized spacial score (nSPS) is 15.9. The predicted octanol–water partition coefficient (Wildman–Crippen LogP) is 2.31. The van der Waals surface area contributed by atoms with Gasteiger partial charge in [0.15, 0.2) is 12.4 Å².